The summed E-state index contributed by atoms with van der Waals surface area (Å²) in [7, 11) is 2.06. The smallest absolute Gasteiger partial charge is 0.233 e. The van der Waals surface area contributed by atoms with Gasteiger partial charge in [0.05, 0.1) is 6.04 Å². The predicted molar refractivity (Wildman–Crippen MR) is 107 cm³/mol. The fraction of sp³-hybridized carbons (Fsp3) is 0.667. The number of nitrogens with zero attached hydrogens (tertiary/aromatic N) is 5. The van der Waals surface area contributed by atoms with Gasteiger partial charge in [0.15, 0.2) is 0 Å². The van der Waals surface area contributed by atoms with Crippen LogP contribution in [0.4, 0.5) is 5.82 Å². The first-order valence-corrected chi connectivity index (χ1v) is 10.6. The summed E-state index contributed by atoms with van der Waals surface area (Å²) >= 11 is 0. The van der Waals surface area contributed by atoms with Crippen molar-refractivity contribution >= 4 is 5.82 Å². The molecule has 4 heterocycles. The Balaban J connectivity index is 1.45. The van der Waals surface area contributed by atoms with E-state index in [0.29, 0.717) is 5.92 Å². The minimum Gasteiger partial charge on any atom is -0.423 e. The van der Waals surface area contributed by atoms with Crippen molar-refractivity contribution in [3.05, 3.63) is 35.7 Å². The van der Waals surface area contributed by atoms with Crippen LogP contribution in [0, 0.1) is 0 Å². The molecule has 2 aromatic rings. The summed E-state index contributed by atoms with van der Waals surface area (Å²) in [5.41, 5.74) is 1.23. The molecule has 2 aromatic heterocycles. The second-order valence-electron chi connectivity index (χ2n) is 7.89. The standard InChI is InChI=1S/C21H31N5O2/c1-3-25(2)19-8-7-16(14-22-19)15-26-11-5-4-6-18(26)21-24-23-20(28-21)17-9-12-27-13-10-17/h7-8,14,17-18H,3-6,9-13,15H2,1-2H3/t18-/m1/s1. The normalized spacial score (nSPS) is 21.7. The van der Waals surface area contributed by atoms with Gasteiger partial charge >= 0.3 is 0 Å². The average Bonchev–Trinajstić information content (AvgIpc) is 3.25. The molecule has 0 N–H and O–H groups in total. The molecule has 7 heteroatoms. The number of ether oxygens (including phenoxy) is 1. The lowest BCUT2D eigenvalue weighted by atomic mass is 10.0. The lowest BCUT2D eigenvalue weighted by molar-refractivity contribution is 0.0768. The Morgan fingerprint density at radius 2 is 1.93 bits per heavy atom. The van der Waals surface area contributed by atoms with Gasteiger partial charge in [0.1, 0.15) is 5.82 Å². The van der Waals surface area contributed by atoms with Crippen molar-refractivity contribution in [3.63, 3.8) is 0 Å². The van der Waals surface area contributed by atoms with Gasteiger partial charge in [-0.3, -0.25) is 4.90 Å². The molecule has 0 unspecified atom stereocenters. The summed E-state index contributed by atoms with van der Waals surface area (Å²) in [6.45, 7) is 6.57. The maximum absolute atomic E-state index is 6.15. The van der Waals surface area contributed by atoms with Crippen molar-refractivity contribution in [1.82, 2.24) is 20.1 Å². The second kappa shape index (κ2) is 9.01. The molecule has 28 heavy (non-hydrogen) atoms. The molecule has 2 saturated heterocycles. The Labute approximate surface area is 167 Å². The molecule has 0 bridgehead atoms. The topological polar surface area (TPSA) is 67.5 Å². The Hall–Kier alpha value is -1.99. The van der Waals surface area contributed by atoms with Crippen molar-refractivity contribution < 1.29 is 9.15 Å². The number of pyridine rings is 1. The van der Waals surface area contributed by atoms with Gasteiger partial charge in [-0.15, -0.1) is 10.2 Å². The van der Waals surface area contributed by atoms with E-state index in [2.05, 4.69) is 51.1 Å². The number of aromatic nitrogens is 3. The number of hydrogen-bond donors (Lipinski definition) is 0. The molecule has 1 atom stereocenters. The van der Waals surface area contributed by atoms with Crippen LogP contribution in [0.3, 0.4) is 0 Å². The third-order valence-electron chi connectivity index (χ3n) is 5.99. The van der Waals surface area contributed by atoms with Gasteiger partial charge in [0, 0.05) is 45.5 Å². The van der Waals surface area contributed by atoms with Gasteiger partial charge < -0.3 is 14.1 Å². The summed E-state index contributed by atoms with van der Waals surface area (Å²) in [5.74, 6) is 2.92. The minimum absolute atomic E-state index is 0.202. The first-order valence-electron chi connectivity index (χ1n) is 10.6. The first kappa shape index (κ1) is 19.3. The van der Waals surface area contributed by atoms with Crippen LogP contribution < -0.4 is 4.90 Å². The molecular formula is C21H31N5O2. The molecular weight excluding hydrogens is 354 g/mol. The van der Waals surface area contributed by atoms with E-state index >= 15 is 0 Å². The molecule has 0 saturated carbocycles. The maximum Gasteiger partial charge on any atom is 0.233 e. The summed E-state index contributed by atoms with van der Waals surface area (Å²) in [5, 5.41) is 8.81. The van der Waals surface area contributed by atoms with E-state index in [1.165, 1.54) is 18.4 Å². The molecule has 2 fully saturated rings. The molecule has 2 aliphatic rings. The minimum atomic E-state index is 0.202. The molecule has 0 amide bonds. The van der Waals surface area contributed by atoms with E-state index in [1.54, 1.807) is 0 Å². The zero-order valence-corrected chi connectivity index (χ0v) is 17.0. The monoisotopic (exact) mass is 385 g/mol. The van der Waals surface area contributed by atoms with Crippen LogP contribution in [0.15, 0.2) is 22.7 Å². The highest BCUT2D eigenvalue weighted by Gasteiger charge is 2.30. The third-order valence-corrected chi connectivity index (χ3v) is 5.99. The third kappa shape index (κ3) is 4.36. The van der Waals surface area contributed by atoms with E-state index in [0.717, 1.165) is 69.7 Å². The van der Waals surface area contributed by atoms with Crippen molar-refractivity contribution in [2.24, 2.45) is 0 Å². The molecule has 7 nitrogen and oxygen atoms in total. The molecule has 0 radical (unpaired) electrons. The van der Waals surface area contributed by atoms with E-state index in [-0.39, 0.29) is 6.04 Å². The number of rotatable bonds is 6. The molecule has 0 spiro atoms. The first-order chi connectivity index (χ1) is 13.7. The number of anilines is 1. The van der Waals surface area contributed by atoms with Crippen LogP contribution >= 0.6 is 0 Å². The Morgan fingerprint density at radius 3 is 2.68 bits per heavy atom. The Kier molecular flexibility index (Phi) is 6.22. The van der Waals surface area contributed by atoms with Crippen molar-refractivity contribution in [1.29, 1.82) is 0 Å². The van der Waals surface area contributed by atoms with Crippen molar-refractivity contribution in [3.8, 4) is 0 Å². The average molecular weight is 386 g/mol. The lowest BCUT2D eigenvalue weighted by Crippen LogP contribution is -2.33. The van der Waals surface area contributed by atoms with Crippen LogP contribution in [-0.4, -0.2) is 53.4 Å². The summed E-state index contributed by atoms with van der Waals surface area (Å²) in [6.07, 6.45) is 7.42. The van der Waals surface area contributed by atoms with Gasteiger partial charge in [-0.05, 0) is 50.8 Å². The fourth-order valence-corrected chi connectivity index (χ4v) is 4.08. The van der Waals surface area contributed by atoms with Gasteiger partial charge in [-0.2, -0.15) is 0 Å². The van der Waals surface area contributed by atoms with Crippen molar-refractivity contribution in [2.75, 3.05) is 38.3 Å². The quantitative estimate of drug-likeness (QED) is 0.753. The predicted octanol–water partition coefficient (Wildman–Crippen LogP) is 3.54. The highest BCUT2D eigenvalue weighted by Crippen LogP contribution is 2.33. The summed E-state index contributed by atoms with van der Waals surface area (Å²) in [6, 6.07) is 4.49. The molecule has 2 aliphatic heterocycles. The van der Waals surface area contributed by atoms with E-state index in [1.807, 2.05) is 6.20 Å². The van der Waals surface area contributed by atoms with Crippen LogP contribution in [-0.2, 0) is 11.3 Å². The van der Waals surface area contributed by atoms with Crippen LogP contribution in [0.5, 0.6) is 0 Å². The summed E-state index contributed by atoms with van der Waals surface area (Å²) < 4.78 is 11.6. The molecule has 152 valence electrons. The van der Waals surface area contributed by atoms with E-state index in [4.69, 9.17) is 9.15 Å². The van der Waals surface area contributed by atoms with E-state index in [9.17, 15) is 0 Å². The highest BCUT2D eigenvalue weighted by molar-refractivity contribution is 5.38. The zero-order chi connectivity index (χ0) is 19.3. The number of hydrogen-bond acceptors (Lipinski definition) is 7. The SMILES string of the molecule is CCN(C)c1ccc(CN2CCCC[C@@H]2c2nnc(C3CCOCC3)o2)cn1. The van der Waals surface area contributed by atoms with Gasteiger partial charge in [-0.25, -0.2) is 4.98 Å². The van der Waals surface area contributed by atoms with Crippen LogP contribution in [0.1, 0.15) is 68.3 Å². The van der Waals surface area contributed by atoms with Crippen LogP contribution in [0.25, 0.3) is 0 Å². The van der Waals surface area contributed by atoms with Crippen LogP contribution in [0.2, 0.25) is 0 Å². The number of piperidine rings is 1. The molecule has 0 aliphatic carbocycles. The van der Waals surface area contributed by atoms with E-state index < -0.39 is 0 Å². The Morgan fingerprint density at radius 1 is 1.11 bits per heavy atom. The van der Waals surface area contributed by atoms with Gasteiger partial charge in [0.25, 0.3) is 0 Å². The van der Waals surface area contributed by atoms with Crippen molar-refractivity contribution in [2.45, 2.75) is 57.5 Å². The lowest BCUT2D eigenvalue weighted by Gasteiger charge is -2.33. The van der Waals surface area contributed by atoms with Gasteiger partial charge in [0.2, 0.25) is 11.8 Å². The molecule has 4 rings (SSSR count). The van der Waals surface area contributed by atoms with Gasteiger partial charge in [-0.1, -0.05) is 12.5 Å². The maximum atomic E-state index is 6.15. The summed E-state index contributed by atoms with van der Waals surface area (Å²) in [4.78, 5) is 9.22. The number of likely N-dealkylation sites (tertiary alicyclic amines) is 1. The zero-order valence-electron chi connectivity index (χ0n) is 17.0. The molecule has 0 aromatic carbocycles. The largest absolute Gasteiger partial charge is 0.423 e. The second-order valence-corrected chi connectivity index (χ2v) is 7.89. The highest BCUT2D eigenvalue weighted by atomic mass is 16.5. The fourth-order valence-electron chi connectivity index (χ4n) is 4.08. The Bertz CT molecular complexity index is 742.